The maximum absolute atomic E-state index is 15.1. The highest BCUT2D eigenvalue weighted by atomic mass is 19.4. The number of alkyl halides is 3. The van der Waals surface area contributed by atoms with Gasteiger partial charge in [-0.1, -0.05) is 42.5 Å². The number of fused-ring (bicyclic) bond motifs is 3. The number of nitrogens with zero attached hydrogens (tertiary/aromatic N) is 2. The number of rotatable bonds is 3. The minimum Gasteiger partial charge on any atom is -0.329 e. The molecule has 3 aromatic rings. The van der Waals surface area contributed by atoms with E-state index in [0.717, 1.165) is 46.0 Å². The van der Waals surface area contributed by atoms with E-state index in [1.165, 1.54) is 17.0 Å². The van der Waals surface area contributed by atoms with Crippen LogP contribution in [-0.4, -0.2) is 41.9 Å². The number of amides is 1. The van der Waals surface area contributed by atoms with E-state index in [-0.39, 0.29) is 12.4 Å². The molecule has 0 bridgehead atoms. The van der Waals surface area contributed by atoms with Gasteiger partial charge in [-0.05, 0) is 105 Å². The molecule has 0 aromatic heterocycles. The molecule has 1 aliphatic heterocycles. The molecule has 1 spiro atoms. The van der Waals surface area contributed by atoms with Crippen LogP contribution in [-0.2, 0) is 18.1 Å². The van der Waals surface area contributed by atoms with Gasteiger partial charge in [0.15, 0.2) is 0 Å². The Labute approximate surface area is 236 Å². The minimum absolute atomic E-state index is 0.187. The summed E-state index contributed by atoms with van der Waals surface area (Å²) in [5, 5.41) is 0. The molecular weight excluding hydrogens is 535 g/mol. The molecule has 3 aromatic carbocycles. The van der Waals surface area contributed by atoms with Crippen LogP contribution < -0.4 is 0 Å². The third-order valence-electron chi connectivity index (χ3n) is 9.64. The van der Waals surface area contributed by atoms with Gasteiger partial charge >= 0.3 is 6.18 Å². The Morgan fingerprint density at radius 1 is 0.902 bits per heavy atom. The van der Waals surface area contributed by atoms with Crippen LogP contribution in [0.2, 0.25) is 0 Å². The van der Waals surface area contributed by atoms with Gasteiger partial charge in [-0.2, -0.15) is 13.2 Å². The van der Waals surface area contributed by atoms with Gasteiger partial charge in [0.25, 0.3) is 5.91 Å². The summed E-state index contributed by atoms with van der Waals surface area (Å²) in [7, 11) is 3.88. The lowest BCUT2D eigenvalue weighted by Gasteiger charge is -2.56. The summed E-state index contributed by atoms with van der Waals surface area (Å²) in [4.78, 5) is 17.7. The molecule has 6 rings (SSSR count). The van der Waals surface area contributed by atoms with Crippen LogP contribution in [0.3, 0.4) is 0 Å². The zero-order valence-electron chi connectivity index (χ0n) is 23.0. The Hall–Kier alpha value is -3.52. The molecule has 2 aliphatic carbocycles. The van der Waals surface area contributed by atoms with Gasteiger partial charge in [-0.3, -0.25) is 9.69 Å². The number of benzene rings is 3. The second kappa shape index (κ2) is 9.79. The zero-order valence-corrected chi connectivity index (χ0v) is 23.0. The molecule has 214 valence electrons. The van der Waals surface area contributed by atoms with E-state index < -0.39 is 40.1 Å². The smallest absolute Gasteiger partial charge is 0.329 e. The predicted octanol–water partition coefficient (Wildman–Crippen LogP) is 7.61. The lowest BCUT2D eigenvalue weighted by atomic mass is 9.63. The van der Waals surface area contributed by atoms with Gasteiger partial charge in [-0.25, -0.2) is 8.78 Å². The molecule has 0 atom stereocenters. The average molecular weight is 567 g/mol. The standard InChI is InChI=1S/C33H31F5N2O/c1-39(2)31(22-8-5-9-23(34)20-22)14-16-32(17-15-31)27-19-21-7-3-4-10-24(21)25(27)13-18-40(32)30(41)29-26(33(36,37)38)11-6-12-28(29)35/h3-12,20H,13-19H2,1-2H3. The number of hydrogen-bond acceptors (Lipinski definition) is 2. The third kappa shape index (κ3) is 4.30. The predicted molar refractivity (Wildman–Crippen MR) is 147 cm³/mol. The van der Waals surface area contributed by atoms with Crippen LogP contribution in [0.15, 0.2) is 72.3 Å². The van der Waals surface area contributed by atoms with E-state index in [1.54, 1.807) is 6.07 Å². The third-order valence-corrected chi connectivity index (χ3v) is 9.64. The molecule has 0 saturated heterocycles. The van der Waals surface area contributed by atoms with Crippen molar-refractivity contribution < 1.29 is 26.7 Å². The van der Waals surface area contributed by atoms with Gasteiger partial charge in [0.1, 0.15) is 11.6 Å². The van der Waals surface area contributed by atoms with Crippen molar-refractivity contribution in [1.29, 1.82) is 0 Å². The highest BCUT2D eigenvalue weighted by Gasteiger charge is 2.54. The number of halogens is 5. The normalized spacial score (nSPS) is 24.1. The van der Waals surface area contributed by atoms with Gasteiger partial charge in [-0.15, -0.1) is 0 Å². The minimum atomic E-state index is -4.88. The Morgan fingerprint density at radius 3 is 2.29 bits per heavy atom. The summed E-state index contributed by atoms with van der Waals surface area (Å²) in [6.07, 6.45) is -1.81. The van der Waals surface area contributed by atoms with Crippen molar-refractivity contribution in [2.45, 2.75) is 55.8 Å². The molecule has 1 heterocycles. The largest absolute Gasteiger partial charge is 0.417 e. The van der Waals surface area contributed by atoms with Crippen molar-refractivity contribution in [2.24, 2.45) is 0 Å². The molecule has 1 fully saturated rings. The van der Waals surface area contributed by atoms with Gasteiger partial charge in [0.05, 0.1) is 16.7 Å². The van der Waals surface area contributed by atoms with Crippen molar-refractivity contribution in [2.75, 3.05) is 20.6 Å². The highest BCUT2D eigenvalue weighted by Crippen LogP contribution is 2.56. The lowest BCUT2D eigenvalue weighted by molar-refractivity contribution is -0.138. The Balaban J connectivity index is 1.47. The van der Waals surface area contributed by atoms with E-state index in [9.17, 15) is 22.4 Å². The first kappa shape index (κ1) is 27.6. The van der Waals surface area contributed by atoms with Crippen LogP contribution in [0.4, 0.5) is 22.0 Å². The van der Waals surface area contributed by atoms with Crippen LogP contribution >= 0.6 is 0 Å². The fourth-order valence-corrected chi connectivity index (χ4v) is 7.59. The van der Waals surface area contributed by atoms with Crippen molar-refractivity contribution in [3.63, 3.8) is 0 Å². The second-order valence-electron chi connectivity index (χ2n) is 11.6. The van der Waals surface area contributed by atoms with E-state index in [1.807, 2.05) is 38.4 Å². The van der Waals surface area contributed by atoms with Crippen molar-refractivity contribution >= 4 is 11.5 Å². The first-order valence-electron chi connectivity index (χ1n) is 13.9. The molecule has 0 N–H and O–H groups in total. The molecule has 0 unspecified atom stereocenters. The molecule has 1 amide bonds. The van der Waals surface area contributed by atoms with E-state index in [0.29, 0.717) is 38.5 Å². The summed E-state index contributed by atoms with van der Waals surface area (Å²) >= 11 is 0. The van der Waals surface area contributed by atoms with E-state index in [2.05, 4.69) is 11.0 Å². The molecule has 41 heavy (non-hydrogen) atoms. The van der Waals surface area contributed by atoms with Crippen LogP contribution in [0.25, 0.3) is 5.57 Å². The lowest BCUT2D eigenvalue weighted by Crippen LogP contribution is -2.60. The molecule has 0 radical (unpaired) electrons. The van der Waals surface area contributed by atoms with Crippen LogP contribution in [0.1, 0.15) is 64.7 Å². The quantitative estimate of drug-likeness (QED) is 0.305. The van der Waals surface area contributed by atoms with Gasteiger partial charge in [0, 0.05) is 12.1 Å². The van der Waals surface area contributed by atoms with Gasteiger partial charge in [0.2, 0.25) is 0 Å². The van der Waals surface area contributed by atoms with Crippen molar-refractivity contribution in [1.82, 2.24) is 9.80 Å². The first-order chi connectivity index (χ1) is 19.5. The fourth-order valence-electron chi connectivity index (χ4n) is 7.59. The van der Waals surface area contributed by atoms with E-state index >= 15 is 4.39 Å². The van der Waals surface area contributed by atoms with Crippen LogP contribution in [0.5, 0.6) is 0 Å². The van der Waals surface area contributed by atoms with Crippen molar-refractivity contribution in [3.8, 4) is 0 Å². The van der Waals surface area contributed by atoms with Crippen LogP contribution in [0, 0.1) is 11.6 Å². The molecule has 3 aliphatic rings. The van der Waals surface area contributed by atoms with Gasteiger partial charge < -0.3 is 4.90 Å². The Morgan fingerprint density at radius 2 is 1.61 bits per heavy atom. The summed E-state index contributed by atoms with van der Waals surface area (Å²) in [6.45, 7) is 0.187. The monoisotopic (exact) mass is 566 g/mol. The first-order valence-corrected chi connectivity index (χ1v) is 13.9. The SMILES string of the molecule is CN(C)C1(c2cccc(F)c2)CCC2(CC1)C1=C(CCN2C(=O)c2c(F)cccc2C(F)(F)F)c2ccccc2C1. The number of hydrogen-bond donors (Lipinski definition) is 0. The molecule has 3 nitrogen and oxygen atoms in total. The van der Waals surface area contributed by atoms with Crippen molar-refractivity contribution in [3.05, 3.63) is 112 Å². The fraction of sp³-hybridized carbons (Fsp3) is 0.364. The number of carbonyl (C=O) groups is 1. The highest BCUT2D eigenvalue weighted by molar-refractivity contribution is 5.98. The van der Waals surface area contributed by atoms with E-state index in [4.69, 9.17) is 0 Å². The number of carbonyl (C=O) groups excluding carboxylic acids is 1. The zero-order chi connectivity index (χ0) is 29.2. The second-order valence-corrected chi connectivity index (χ2v) is 11.6. The molecule has 1 saturated carbocycles. The molecular formula is C33H31F5N2O. The maximum atomic E-state index is 15.1. The Bertz CT molecular complexity index is 1550. The summed E-state index contributed by atoms with van der Waals surface area (Å²) < 4.78 is 71.5. The maximum Gasteiger partial charge on any atom is 0.417 e. The summed E-state index contributed by atoms with van der Waals surface area (Å²) in [5.41, 5.74) is 1.64. The summed E-state index contributed by atoms with van der Waals surface area (Å²) in [6, 6.07) is 17.2. The summed E-state index contributed by atoms with van der Waals surface area (Å²) in [5.74, 6) is -2.44. The molecule has 8 heteroatoms. The Kier molecular flexibility index (Phi) is 6.60. The topological polar surface area (TPSA) is 23.6 Å². The average Bonchev–Trinajstić information content (AvgIpc) is 3.33.